The van der Waals surface area contributed by atoms with Gasteiger partial charge >= 0.3 is 5.97 Å². The normalized spacial score (nSPS) is 21.9. The quantitative estimate of drug-likeness (QED) is 0.806. The summed E-state index contributed by atoms with van der Waals surface area (Å²) in [5.74, 6) is -0.811. The monoisotopic (exact) mass is 368 g/mol. The van der Waals surface area contributed by atoms with Crippen molar-refractivity contribution in [2.24, 2.45) is 5.92 Å². The van der Waals surface area contributed by atoms with Crippen LogP contribution in [-0.2, 0) is 14.3 Å². The van der Waals surface area contributed by atoms with E-state index in [1.54, 1.807) is 6.92 Å². The molecule has 1 heterocycles. The minimum atomic E-state index is -0.348. The van der Waals surface area contributed by atoms with Gasteiger partial charge in [0.15, 0.2) is 0 Å². The number of ketones is 1. The number of ether oxygens (including phenoxy) is 1. The predicted molar refractivity (Wildman–Crippen MR) is 106 cm³/mol. The molecule has 1 aromatic carbocycles. The number of benzene rings is 1. The number of anilines is 1. The Hall–Kier alpha value is -2.56. The average Bonchev–Trinajstić information content (AvgIpc) is 2.67. The van der Waals surface area contributed by atoms with Crippen LogP contribution in [0.25, 0.3) is 0 Å². The van der Waals surface area contributed by atoms with Crippen LogP contribution >= 0.6 is 0 Å². The fraction of sp³-hybridized carbons (Fsp3) is 0.455. The third-order valence-electron chi connectivity index (χ3n) is 5.32. The molecule has 1 N–H and O–H groups in total. The van der Waals surface area contributed by atoms with Gasteiger partial charge in [-0.1, -0.05) is 25.1 Å². The fourth-order valence-electron chi connectivity index (χ4n) is 3.99. The number of carbonyl (C=O) groups is 2. The highest BCUT2D eigenvalue weighted by Crippen LogP contribution is 2.44. The Kier molecular flexibility index (Phi) is 5.68. The van der Waals surface area contributed by atoms with Crippen molar-refractivity contribution in [1.82, 2.24) is 5.32 Å². The summed E-state index contributed by atoms with van der Waals surface area (Å²) in [6, 6.07) is 8.11. The number of nitrogens with zero attached hydrogens (tertiary/aromatic N) is 1. The van der Waals surface area contributed by atoms with Gasteiger partial charge in [0.05, 0.1) is 18.1 Å². The molecule has 0 amide bonds. The number of carbonyl (C=O) groups excluding carboxylic acids is 2. The van der Waals surface area contributed by atoms with Crippen LogP contribution in [-0.4, -0.2) is 32.5 Å². The van der Waals surface area contributed by atoms with Gasteiger partial charge in [0.2, 0.25) is 0 Å². The van der Waals surface area contributed by atoms with Crippen molar-refractivity contribution in [3.8, 4) is 0 Å². The van der Waals surface area contributed by atoms with E-state index in [0.29, 0.717) is 25.0 Å². The second-order valence-corrected chi connectivity index (χ2v) is 7.20. The summed E-state index contributed by atoms with van der Waals surface area (Å²) >= 11 is 0. The standard InChI is InChI=1S/C22H28N2O3/c1-5-16-21(22(26)27-6-2)19(14-10-12-15(13-11-14)24(3)4)20-17(23-16)8-7-9-18(20)25/h8,10-13,19-20,23H,5-7,9H2,1-4H3. The van der Waals surface area contributed by atoms with Gasteiger partial charge in [-0.25, -0.2) is 4.79 Å². The topological polar surface area (TPSA) is 58.6 Å². The second-order valence-electron chi connectivity index (χ2n) is 7.20. The first-order valence-electron chi connectivity index (χ1n) is 9.65. The Morgan fingerprint density at radius 2 is 1.89 bits per heavy atom. The number of nitrogens with one attached hydrogen (secondary N) is 1. The SMILES string of the molecule is CCOC(=O)C1=C(CC)NC2=CCCC(=O)C2C1c1ccc(N(C)C)cc1. The molecule has 5 nitrogen and oxygen atoms in total. The number of rotatable bonds is 5. The Morgan fingerprint density at radius 3 is 2.48 bits per heavy atom. The van der Waals surface area contributed by atoms with Crippen LogP contribution in [0.15, 0.2) is 47.3 Å². The van der Waals surface area contributed by atoms with E-state index in [0.717, 1.165) is 29.1 Å². The lowest BCUT2D eigenvalue weighted by Crippen LogP contribution is -2.41. The van der Waals surface area contributed by atoms with Crippen molar-refractivity contribution in [2.75, 3.05) is 25.6 Å². The molecule has 2 unspecified atom stereocenters. The van der Waals surface area contributed by atoms with E-state index in [1.165, 1.54) is 0 Å². The lowest BCUT2D eigenvalue weighted by Gasteiger charge is -2.38. The van der Waals surface area contributed by atoms with Crippen molar-refractivity contribution in [3.63, 3.8) is 0 Å². The van der Waals surface area contributed by atoms with Crippen LogP contribution in [0.4, 0.5) is 5.69 Å². The molecule has 0 aromatic heterocycles. The minimum Gasteiger partial charge on any atom is -0.463 e. The molecule has 1 aliphatic carbocycles. The molecular weight excluding hydrogens is 340 g/mol. The zero-order valence-electron chi connectivity index (χ0n) is 16.5. The van der Waals surface area contributed by atoms with E-state index in [9.17, 15) is 9.59 Å². The molecule has 2 aliphatic rings. The number of Topliss-reactive ketones (excluding diaryl/α,β-unsaturated/α-hetero) is 1. The zero-order chi connectivity index (χ0) is 19.6. The number of fused-ring (bicyclic) bond motifs is 1. The summed E-state index contributed by atoms with van der Waals surface area (Å²) < 4.78 is 5.37. The van der Waals surface area contributed by atoms with E-state index < -0.39 is 0 Å². The Morgan fingerprint density at radius 1 is 1.19 bits per heavy atom. The zero-order valence-corrected chi connectivity index (χ0v) is 16.5. The molecular formula is C22H28N2O3. The molecule has 0 saturated heterocycles. The first kappa shape index (κ1) is 19.2. The van der Waals surface area contributed by atoms with Gasteiger partial charge in [0.25, 0.3) is 0 Å². The molecule has 2 atom stereocenters. The fourth-order valence-corrected chi connectivity index (χ4v) is 3.99. The van der Waals surface area contributed by atoms with Crippen molar-refractivity contribution in [3.05, 3.63) is 52.9 Å². The second kappa shape index (κ2) is 7.99. The predicted octanol–water partition coefficient (Wildman–Crippen LogP) is 3.53. The summed E-state index contributed by atoms with van der Waals surface area (Å²) in [6.45, 7) is 4.13. The van der Waals surface area contributed by atoms with E-state index in [1.807, 2.05) is 50.2 Å². The third kappa shape index (κ3) is 3.64. The van der Waals surface area contributed by atoms with Crippen molar-refractivity contribution < 1.29 is 14.3 Å². The highest BCUT2D eigenvalue weighted by Gasteiger charge is 2.43. The number of hydrogen-bond donors (Lipinski definition) is 1. The summed E-state index contributed by atoms with van der Waals surface area (Å²) in [4.78, 5) is 27.7. The number of hydrogen-bond acceptors (Lipinski definition) is 5. The van der Waals surface area contributed by atoms with E-state index in [4.69, 9.17) is 4.74 Å². The molecule has 0 saturated carbocycles. The van der Waals surface area contributed by atoms with Crippen molar-refractivity contribution in [2.45, 2.75) is 39.0 Å². The lowest BCUT2D eigenvalue weighted by molar-refractivity contribution is -0.139. The molecule has 0 radical (unpaired) electrons. The summed E-state index contributed by atoms with van der Waals surface area (Å²) in [5.41, 5.74) is 4.43. The van der Waals surface area contributed by atoms with Gasteiger partial charge in [-0.05, 0) is 37.5 Å². The number of allylic oxidation sites excluding steroid dienone is 3. The summed E-state index contributed by atoms with van der Waals surface area (Å²) in [7, 11) is 3.98. The summed E-state index contributed by atoms with van der Waals surface area (Å²) in [6.07, 6.45) is 4.04. The van der Waals surface area contributed by atoms with Crippen molar-refractivity contribution >= 4 is 17.4 Å². The largest absolute Gasteiger partial charge is 0.463 e. The molecule has 1 aromatic rings. The van der Waals surface area contributed by atoms with Gasteiger partial charge in [-0.2, -0.15) is 0 Å². The third-order valence-corrected chi connectivity index (χ3v) is 5.32. The molecule has 1 aliphatic heterocycles. The minimum absolute atomic E-state index is 0.179. The number of esters is 1. The van der Waals surface area contributed by atoms with Gasteiger partial charge in [0.1, 0.15) is 5.78 Å². The molecule has 5 heteroatoms. The summed E-state index contributed by atoms with van der Waals surface area (Å²) in [5, 5.41) is 3.37. The molecule has 0 fully saturated rings. The molecule has 27 heavy (non-hydrogen) atoms. The van der Waals surface area contributed by atoms with Crippen molar-refractivity contribution in [1.29, 1.82) is 0 Å². The lowest BCUT2D eigenvalue weighted by atomic mass is 9.70. The molecule has 3 rings (SSSR count). The van der Waals surface area contributed by atoms with Gasteiger partial charge < -0.3 is 15.0 Å². The van der Waals surface area contributed by atoms with Crippen LogP contribution < -0.4 is 10.2 Å². The van der Waals surface area contributed by atoms with Crippen LogP contribution in [0.2, 0.25) is 0 Å². The smallest absolute Gasteiger partial charge is 0.336 e. The van der Waals surface area contributed by atoms with Crippen LogP contribution in [0.1, 0.15) is 44.6 Å². The van der Waals surface area contributed by atoms with Gasteiger partial charge in [-0.3, -0.25) is 4.79 Å². The first-order chi connectivity index (χ1) is 13.0. The average molecular weight is 368 g/mol. The van der Waals surface area contributed by atoms with Gasteiger partial charge in [0, 0.05) is 43.5 Å². The van der Waals surface area contributed by atoms with E-state index in [-0.39, 0.29) is 23.6 Å². The highest BCUT2D eigenvalue weighted by molar-refractivity contribution is 5.96. The Balaban J connectivity index is 2.15. The maximum absolute atomic E-state index is 12.8. The highest BCUT2D eigenvalue weighted by atomic mass is 16.5. The van der Waals surface area contributed by atoms with E-state index in [2.05, 4.69) is 11.4 Å². The first-order valence-corrected chi connectivity index (χ1v) is 9.65. The molecule has 0 spiro atoms. The maximum atomic E-state index is 12.8. The van der Waals surface area contributed by atoms with Crippen LogP contribution in [0.5, 0.6) is 0 Å². The Labute approximate surface area is 161 Å². The van der Waals surface area contributed by atoms with Crippen LogP contribution in [0, 0.1) is 5.92 Å². The Bertz CT molecular complexity index is 790. The maximum Gasteiger partial charge on any atom is 0.336 e. The molecule has 144 valence electrons. The van der Waals surface area contributed by atoms with Gasteiger partial charge in [-0.15, -0.1) is 0 Å². The van der Waals surface area contributed by atoms with E-state index >= 15 is 0 Å². The molecule has 0 bridgehead atoms. The van der Waals surface area contributed by atoms with Crippen LogP contribution in [0.3, 0.4) is 0 Å².